The summed E-state index contributed by atoms with van der Waals surface area (Å²) in [6.07, 6.45) is 0. The van der Waals surface area contributed by atoms with E-state index in [-0.39, 0.29) is 10.7 Å². The van der Waals surface area contributed by atoms with Crippen molar-refractivity contribution < 1.29 is 4.79 Å². The van der Waals surface area contributed by atoms with Gasteiger partial charge in [0.25, 0.3) is 0 Å². The molecule has 1 atom stereocenters. The Hall–Kier alpha value is -1.09. The van der Waals surface area contributed by atoms with Crippen molar-refractivity contribution in [3.05, 3.63) is 42.5 Å². The molecule has 3 heteroatoms. The van der Waals surface area contributed by atoms with Crippen LogP contribution in [-0.2, 0) is 4.79 Å². The van der Waals surface area contributed by atoms with Crippen LogP contribution in [0.25, 0.3) is 5.70 Å². The van der Waals surface area contributed by atoms with Gasteiger partial charge in [0.1, 0.15) is 0 Å². The Bertz CT molecular complexity index is 332. The van der Waals surface area contributed by atoms with Gasteiger partial charge >= 0.3 is 0 Å². The lowest BCUT2D eigenvalue weighted by Gasteiger charge is -2.09. The van der Waals surface area contributed by atoms with Crippen LogP contribution in [0.2, 0.25) is 0 Å². The number of benzene rings is 1. The van der Waals surface area contributed by atoms with Gasteiger partial charge in [0.2, 0.25) is 5.91 Å². The van der Waals surface area contributed by atoms with E-state index in [1.807, 2.05) is 30.3 Å². The van der Waals surface area contributed by atoms with Crippen molar-refractivity contribution in [2.24, 2.45) is 0 Å². The monoisotopic (exact) mass is 253 g/mol. The second-order valence-corrected chi connectivity index (χ2v) is 4.32. The minimum absolute atomic E-state index is 0.0844. The SMILES string of the molecule is C=C(NC(=O)C(C)Br)c1ccccc1. The summed E-state index contributed by atoms with van der Waals surface area (Å²) in [4.78, 5) is 11.1. The van der Waals surface area contributed by atoms with Gasteiger partial charge in [-0.25, -0.2) is 0 Å². The highest BCUT2D eigenvalue weighted by atomic mass is 79.9. The van der Waals surface area contributed by atoms with Gasteiger partial charge in [0.15, 0.2) is 0 Å². The smallest absolute Gasteiger partial charge is 0.237 e. The maximum Gasteiger partial charge on any atom is 0.237 e. The first-order chi connectivity index (χ1) is 6.61. The molecule has 0 aliphatic heterocycles. The summed E-state index contributed by atoms with van der Waals surface area (Å²) < 4.78 is 0. The summed E-state index contributed by atoms with van der Waals surface area (Å²) in [5, 5.41) is 2.72. The van der Waals surface area contributed by atoms with E-state index in [9.17, 15) is 4.79 Å². The largest absolute Gasteiger partial charge is 0.325 e. The number of nitrogens with one attached hydrogen (secondary N) is 1. The number of hydrogen-bond acceptors (Lipinski definition) is 1. The van der Waals surface area contributed by atoms with E-state index in [0.29, 0.717) is 5.70 Å². The van der Waals surface area contributed by atoms with Crippen LogP contribution in [-0.4, -0.2) is 10.7 Å². The zero-order chi connectivity index (χ0) is 10.6. The molecule has 0 saturated heterocycles. The van der Waals surface area contributed by atoms with Crippen molar-refractivity contribution in [1.29, 1.82) is 0 Å². The van der Waals surface area contributed by atoms with Crippen molar-refractivity contribution in [2.75, 3.05) is 0 Å². The molecule has 0 saturated carbocycles. The molecule has 0 aliphatic rings. The lowest BCUT2D eigenvalue weighted by molar-refractivity contribution is -0.119. The van der Waals surface area contributed by atoms with Gasteiger partial charge in [-0.05, 0) is 12.5 Å². The van der Waals surface area contributed by atoms with Crippen molar-refractivity contribution in [1.82, 2.24) is 5.32 Å². The third kappa shape index (κ3) is 3.00. The first-order valence-electron chi connectivity index (χ1n) is 4.30. The summed E-state index contributed by atoms with van der Waals surface area (Å²) in [5.74, 6) is -0.0844. The standard InChI is InChI=1S/C11H12BrNO/c1-8(12)11(14)13-9(2)10-6-4-3-5-7-10/h3-8H,2H2,1H3,(H,13,14). The Kier molecular flexibility index (Phi) is 3.89. The summed E-state index contributed by atoms with van der Waals surface area (Å²) in [5.41, 5.74) is 1.55. The molecule has 74 valence electrons. The third-order valence-electron chi connectivity index (χ3n) is 1.76. The van der Waals surface area contributed by atoms with Crippen molar-refractivity contribution in [2.45, 2.75) is 11.8 Å². The van der Waals surface area contributed by atoms with Gasteiger partial charge in [-0.15, -0.1) is 0 Å². The maximum absolute atomic E-state index is 11.3. The van der Waals surface area contributed by atoms with Gasteiger partial charge in [-0.1, -0.05) is 52.8 Å². The lowest BCUT2D eigenvalue weighted by Crippen LogP contribution is -2.27. The molecule has 2 nitrogen and oxygen atoms in total. The van der Waals surface area contributed by atoms with Crippen LogP contribution in [0.3, 0.4) is 0 Å². The highest BCUT2D eigenvalue weighted by molar-refractivity contribution is 9.10. The zero-order valence-electron chi connectivity index (χ0n) is 7.96. The minimum atomic E-state index is -0.206. The fraction of sp³-hybridized carbons (Fsp3) is 0.182. The second-order valence-electron chi connectivity index (χ2n) is 2.95. The van der Waals surface area contributed by atoms with Gasteiger partial charge in [0, 0.05) is 5.70 Å². The first-order valence-corrected chi connectivity index (χ1v) is 5.22. The van der Waals surface area contributed by atoms with Gasteiger partial charge in [-0.2, -0.15) is 0 Å². The molecule has 1 amide bonds. The Morgan fingerprint density at radius 2 is 2.00 bits per heavy atom. The number of rotatable bonds is 3. The van der Waals surface area contributed by atoms with Gasteiger partial charge in [0.05, 0.1) is 4.83 Å². The van der Waals surface area contributed by atoms with Crippen LogP contribution in [0.5, 0.6) is 0 Å². The average Bonchev–Trinajstić information content (AvgIpc) is 2.19. The van der Waals surface area contributed by atoms with Crippen LogP contribution in [0.1, 0.15) is 12.5 Å². The fourth-order valence-corrected chi connectivity index (χ4v) is 1.07. The molecular formula is C11H12BrNO. The predicted molar refractivity (Wildman–Crippen MR) is 62.0 cm³/mol. The highest BCUT2D eigenvalue weighted by Gasteiger charge is 2.09. The summed E-state index contributed by atoms with van der Waals surface area (Å²) in [6, 6.07) is 9.54. The quantitative estimate of drug-likeness (QED) is 0.825. The van der Waals surface area contributed by atoms with E-state index in [1.165, 1.54) is 0 Å². The molecule has 1 rings (SSSR count). The second kappa shape index (κ2) is 4.96. The van der Waals surface area contributed by atoms with Crippen molar-refractivity contribution in [3.8, 4) is 0 Å². The third-order valence-corrected chi connectivity index (χ3v) is 2.17. The van der Waals surface area contributed by atoms with E-state index in [4.69, 9.17) is 0 Å². The van der Waals surface area contributed by atoms with Crippen molar-refractivity contribution in [3.63, 3.8) is 0 Å². The highest BCUT2D eigenvalue weighted by Crippen LogP contribution is 2.09. The summed E-state index contributed by atoms with van der Waals surface area (Å²) in [6.45, 7) is 5.57. The van der Waals surface area contributed by atoms with Crippen LogP contribution < -0.4 is 5.32 Å². The number of amides is 1. The molecule has 0 aliphatic carbocycles. The topological polar surface area (TPSA) is 29.1 Å². The number of hydrogen-bond donors (Lipinski definition) is 1. The molecule has 0 fully saturated rings. The molecule has 0 aromatic heterocycles. The Labute approximate surface area is 92.1 Å². The molecule has 1 unspecified atom stereocenters. The van der Waals surface area contributed by atoms with Crippen molar-refractivity contribution >= 4 is 27.5 Å². The van der Waals surface area contributed by atoms with Gasteiger partial charge < -0.3 is 5.32 Å². The Morgan fingerprint density at radius 1 is 1.43 bits per heavy atom. The number of carbonyl (C=O) groups excluding carboxylic acids is 1. The van der Waals surface area contributed by atoms with E-state index in [2.05, 4.69) is 27.8 Å². The summed E-state index contributed by atoms with van der Waals surface area (Å²) in [7, 11) is 0. The van der Waals surface area contributed by atoms with Crippen LogP contribution in [0.4, 0.5) is 0 Å². The molecule has 1 N–H and O–H groups in total. The van der Waals surface area contributed by atoms with E-state index in [0.717, 1.165) is 5.56 Å². The molecule has 14 heavy (non-hydrogen) atoms. The van der Waals surface area contributed by atoms with Gasteiger partial charge in [-0.3, -0.25) is 4.79 Å². The zero-order valence-corrected chi connectivity index (χ0v) is 9.54. The van der Waals surface area contributed by atoms with Crippen LogP contribution in [0, 0.1) is 0 Å². The Balaban J connectivity index is 2.65. The molecular weight excluding hydrogens is 242 g/mol. The maximum atomic E-state index is 11.3. The van der Waals surface area contributed by atoms with E-state index >= 15 is 0 Å². The summed E-state index contributed by atoms with van der Waals surface area (Å²) >= 11 is 3.19. The first kappa shape index (κ1) is 11.0. The molecule has 0 radical (unpaired) electrons. The molecule has 1 aromatic rings. The van der Waals surface area contributed by atoms with E-state index < -0.39 is 0 Å². The van der Waals surface area contributed by atoms with Crippen LogP contribution >= 0.6 is 15.9 Å². The fourth-order valence-electron chi connectivity index (χ4n) is 0.960. The Morgan fingerprint density at radius 3 is 2.50 bits per heavy atom. The molecule has 0 bridgehead atoms. The number of carbonyl (C=O) groups is 1. The molecule has 0 spiro atoms. The van der Waals surface area contributed by atoms with Crippen LogP contribution in [0.15, 0.2) is 36.9 Å². The molecule has 1 aromatic carbocycles. The number of halogens is 1. The average molecular weight is 254 g/mol. The molecule has 0 heterocycles. The normalized spacial score (nSPS) is 11.9. The minimum Gasteiger partial charge on any atom is -0.325 e. The van der Waals surface area contributed by atoms with E-state index in [1.54, 1.807) is 6.92 Å². The number of alkyl halides is 1. The lowest BCUT2D eigenvalue weighted by atomic mass is 10.2. The predicted octanol–water partition coefficient (Wildman–Crippen LogP) is 2.56.